The Balaban J connectivity index is 1.65. The fourth-order valence-corrected chi connectivity index (χ4v) is 6.30. The predicted molar refractivity (Wildman–Crippen MR) is 164 cm³/mol. The summed E-state index contributed by atoms with van der Waals surface area (Å²) < 4.78 is 7.09. The normalized spacial score (nSPS) is 21.1. The van der Waals surface area contributed by atoms with Gasteiger partial charge in [0.2, 0.25) is 11.8 Å². The van der Waals surface area contributed by atoms with Crippen LogP contribution in [-0.2, 0) is 16.1 Å². The molecule has 0 aliphatic heterocycles. The number of rotatable bonds is 11. The van der Waals surface area contributed by atoms with E-state index in [0.29, 0.717) is 33.7 Å². The van der Waals surface area contributed by atoms with Crippen molar-refractivity contribution in [1.29, 1.82) is 0 Å². The molecule has 10 heteroatoms. The average Bonchev–Trinajstić information content (AvgIpc) is 3.47. The Morgan fingerprint density at radius 1 is 1.10 bits per heavy atom. The van der Waals surface area contributed by atoms with Crippen molar-refractivity contribution in [2.45, 2.75) is 69.7 Å². The van der Waals surface area contributed by atoms with E-state index in [1.54, 1.807) is 29.2 Å². The Kier molecular flexibility index (Phi) is 11.6. The molecule has 40 heavy (non-hydrogen) atoms. The minimum atomic E-state index is -1.09. The van der Waals surface area contributed by atoms with Crippen LogP contribution in [0.4, 0.5) is 0 Å². The molecular weight excluding hydrogens is 666 g/mol. The van der Waals surface area contributed by atoms with Crippen LogP contribution in [0.2, 0.25) is 10.0 Å². The largest absolute Gasteiger partial charge is 0.482 e. The average molecular weight is 701 g/mol. The van der Waals surface area contributed by atoms with E-state index in [2.05, 4.69) is 27.9 Å². The number of nitrogens with zero attached hydrogens (tertiary/aromatic N) is 1. The first-order valence-corrected chi connectivity index (χ1v) is 15.5. The summed E-state index contributed by atoms with van der Waals surface area (Å²) in [7, 11) is 0. The summed E-state index contributed by atoms with van der Waals surface area (Å²) in [4.78, 5) is 28.5. The standard InChI is InChI=1S/C30H35Cl2IN2O5/c31-22-11-9-20(15-23(22)32)18-35(28(37)12-10-19-5-1-2-6-19)25-16-21(30(39)34-13-14-36)17-27(29(25)38)40-26-8-4-3-7-24(26)33/h3-4,7-9,11,15,17,19,25,27,29,36,38H,1-2,5-6,10,12-14,16,18H2,(H,34,39)/t25-,27+,29+/m1/s1. The van der Waals surface area contributed by atoms with Gasteiger partial charge in [0.1, 0.15) is 18.0 Å². The van der Waals surface area contributed by atoms with Gasteiger partial charge in [-0.3, -0.25) is 9.59 Å². The van der Waals surface area contributed by atoms with Gasteiger partial charge in [-0.2, -0.15) is 0 Å². The quantitative estimate of drug-likeness (QED) is 0.269. The molecule has 0 spiro atoms. The first kappa shape index (κ1) is 31.1. The highest BCUT2D eigenvalue weighted by molar-refractivity contribution is 14.1. The second-order valence-corrected chi connectivity index (χ2v) is 12.4. The monoisotopic (exact) mass is 700 g/mol. The van der Waals surface area contributed by atoms with E-state index in [9.17, 15) is 19.8 Å². The van der Waals surface area contributed by atoms with Gasteiger partial charge in [0, 0.05) is 31.5 Å². The molecule has 2 aromatic rings. The number of amides is 2. The van der Waals surface area contributed by atoms with Crippen molar-refractivity contribution < 1.29 is 24.5 Å². The van der Waals surface area contributed by atoms with Gasteiger partial charge in [-0.1, -0.05) is 67.1 Å². The van der Waals surface area contributed by atoms with Gasteiger partial charge in [0.15, 0.2) is 0 Å². The van der Waals surface area contributed by atoms with E-state index in [-0.39, 0.29) is 37.9 Å². The zero-order valence-electron chi connectivity index (χ0n) is 22.2. The van der Waals surface area contributed by atoms with E-state index in [0.717, 1.165) is 28.4 Å². The van der Waals surface area contributed by atoms with Crippen molar-refractivity contribution in [2.24, 2.45) is 5.92 Å². The molecule has 0 aromatic heterocycles. The molecule has 7 nitrogen and oxygen atoms in total. The second kappa shape index (κ2) is 14.9. The lowest BCUT2D eigenvalue weighted by Gasteiger charge is -2.41. The van der Waals surface area contributed by atoms with Crippen molar-refractivity contribution in [1.82, 2.24) is 10.2 Å². The highest BCUT2D eigenvalue weighted by atomic mass is 127. The maximum absolute atomic E-state index is 13.8. The van der Waals surface area contributed by atoms with Crippen LogP contribution in [0.3, 0.4) is 0 Å². The van der Waals surface area contributed by atoms with Crippen LogP contribution >= 0.6 is 45.8 Å². The fraction of sp³-hybridized carbons (Fsp3) is 0.467. The Morgan fingerprint density at radius 3 is 2.55 bits per heavy atom. The van der Waals surface area contributed by atoms with Crippen molar-refractivity contribution in [3.63, 3.8) is 0 Å². The summed E-state index contributed by atoms with van der Waals surface area (Å²) in [5, 5.41) is 24.4. The maximum Gasteiger partial charge on any atom is 0.247 e. The van der Waals surface area contributed by atoms with Crippen molar-refractivity contribution in [3.8, 4) is 5.75 Å². The van der Waals surface area contributed by atoms with Crippen LogP contribution in [0, 0.1) is 9.49 Å². The molecule has 0 radical (unpaired) electrons. The maximum atomic E-state index is 13.8. The van der Waals surface area contributed by atoms with Gasteiger partial charge in [0.05, 0.1) is 26.3 Å². The molecule has 2 amide bonds. The smallest absolute Gasteiger partial charge is 0.247 e. The van der Waals surface area contributed by atoms with Gasteiger partial charge in [-0.05, 0) is 70.8 Å². The number of carbonyl (C=O) groups is 2. The van der Waals surface area contributed by atoms with Crippen molar-refractivity contribution in [3.05, 3.63) is 73.3 Å². The van der Waals surface area contributed by atoms with E-state index in [1.165, 1.54) is 12.8 Å². The Labute approximate surface area is 259 Å². The molecular formula is C30H35Cl2IN2O5. The van der Waals surface area contributed by atoms with E-state index in [4.69, 9.17) is 27.9 Å². The SMILES string of the molecule is O=C(NCCO)C1=C[C@H](Oc2ccccc2I)[C@@H](O)[C@H](N(Cc2ccc(Cl)c(Cl)c2)C(=O)CCC2CCCC2)C1. The van der Waals surface area contributed by atoms with Gasteiger partial charge in [-0.15, -0.1) is 0 Å². The molecule has 216 valence electrons. The zero-order valence-corrected chi connectivity index (χ0v) is 25.9. The number of halogens is 3. The molecule has 0 saturated heterocycles. The number of hydrogen-bond donors (Lipinski definition) is 3. The van der Waals surface area contributed by atoms with Crippen LogP contribution < -0.4 is 10.1 Å². The van der Waals surface area contributed by atoms with Crippen LogP contribution in [0.1, 0.15) is 50.5 Å². The molecule has 2 aromatic carbocycles. The van der Waals surface area contributed by atoms with E-state index < -0.39 is 18.2 Å². The molecule has 0 heterocycles. The van der Waals surface area contributed by atoms with Crippen LogP contribution in [0.25, 0.3) is 0 Å². The summed E-state index contributed by atoms with van der Waals surface area (Å²) in [5.41, 5.74) is 1.16. The van der Waals surface area contributed by atoms with Gasteiger partial charge in [0.25, 0.3) is 0 Å². The number of aliphatic hydroxyl groups is 2. The lowest BCUT2D eigenvalue weighted by Crippen LogP contribution is -2.54. The van der Waals surface area contributed by atoms with Gasteiger partial charge >= 0.3 is 0 Å². The number of aliphatic hydroxyl groups excluding tert-OH is 2. The van der Waals surface area contributed by atoms with Crippen molar-refractivity contribution in [2.75, 3.05) is 13.2 Å². The van der Waals surface area contributed by atoms with Crippen molar-refractivity contribution >= 4 is 57.6 Å². The molecule has 2 aliphatic carbocycles. The first-order valence-electron chi connectivity index (χ1n) is 13.7. The number of ether oxygens (including phenoxy) is 1. The molecule has 0 unspecified atom stereocenters. The predicted octanol–water partition coefficient (Wildman–Crippen LogP) is 5.51. The summed E-state index contributed by atoms with van der Waals surface area (Å²) in [5.74, 6) is 0.646. The second-order valence-electron chi connectivity index (χ2n) is 10.4. The lowest BCUT2D eigenvalue weighted by molar-refractivity contribution is -0.139. The minimum Gasteiger partial charge on any atom is -0.482 e. The highest BCUT2D eigenvalue weighted by Gasteiger charge is 2.40. The summed E-state index contributed by atoms with van der Waals surface area (Å²) in [6.07, 6.45) is 5.60. The number of hydrogen-bond acceptors (Lipinski definition) is 5. The number of nitrogens with one attached hydrogen (secondary N) is 1. The third-order valence-corrected chi connectivity index (χ3v) is 9.24. The molecule has 3 atom stereocenters. The Hall–Kier alpha value is -1.85. The Bertz CT molecular complexity index is 1220. The minimum absolute atomic E-state index is 0.0907. The fourth-order valence-electron chi connectivity index (χ4n) is 5.46. The van der Waals surface area contributed by atoms with Gasteiger partial charge in [-0.25, -0.2) is 0 Å². The molecule has 1 fully saturated rings. The summed E-state index contributed by atoms with van der Waals surface area (Å²) >= 11 is 14.6. The number of para-hydroxylation sites is 1. The van der Waals surface area contributed by atoms with Crippen LogP contribution in [0.15, 0.2) is 54.1 Å². The topological polar surface area (TPSA) is 99.1 Å². The first-order chi connectivity index (χ1) is 19.3. The van der Waals surface area contributed by atoms with Crippen LogP contribution in [0.5, 0.6) is 5.75 Å². The van der Waals surface area contributed by atoms with E-state index in [1.807, 2.05) is 24.3 Å². The van der Waals surface area contributed by atoms with Gasteiger partial charge < -0.3 is 25.2 Å². The number of benzene rings is 2. The molecule has 0 bridgehead atoms. The zero-order chi connectivity index (χ0) is 28.6. The third kappa shape index (κ3) is 8.12. The highest BCUT2D eigenvalue weighted by Crippen LogP contribution is 2.33. The third-order valence-electron chi connectivity index (χ3n) is 7.61. The molecule has 4 rings (SSSR count). The molecule has 3 N–H and O–H groups in total. The lowest BCUT2D eigenvalue weighted by atomic mass is 9.87. The van der Waals surface area contributed by atoms with E-state index >= 15 is 0 Å². The molecule has 2 aliphatic rings. The number of carbonyl (C=O) groups excluding carboxylic acids is 2. The molecule has 1 saturated carbocycles. The Morgan fingerprint density at radius 2 is 1.85 bits per heavy atom. The summed E-state index contributed by atoms with van der Waals surface area (Å²) in [6, 6.07) is 11.9. The summed E-state index contributed by atoms with van der Waals surface area (Å²) in [6.45, 7) is 0.0956. The van der Waals surface area contributed by atoms with Crippen LogP contribution in [-0.4, -0.2) is 58.3 Å².